The lowest BCUT2D eigenvalue weighted by Crippen LogP contribution is -2.41. The topological polar surface area (TPSA) is 62.7 Å². The van der Waals surface area contributed by atoms with Crippen molar-refractivity contribution in [1.82, 2.24) is 14.8 Å². The molecule has 1 aliphatic carbocycles. The molecule has 0 unspecified atom stereocenters. The highest BCUT2D eigenvalue weighted by molar-refractivity contribution is 5.92. The summed E-state index contributed by atoms with van der Waals surface area (Å²) in [5.41, 5.74) is 0.782. The van der Waals surface area contributed by atoms with E-state index in [0.717, 1.165) is 44.6 Å². The Bertz CT molecular complexity index is 691. The summed E-state index contributed by atoms with van der Waals surface area (Å²) >= 11 is 0. The van der Waals surface area contributed by atoms with Crippen molar-refractivity contribution in [2.75, 3.05) is 33.2 Å². The molecule has 3 heterocycles. The van der Waals surface area contributed by atoms with Crippen LogP contribution in [0.5, 0.6) is 0 Å². The van der Waals surface area contributed by atoms with Gasteiger partial charge in [-0.25, -0.2) is 9.78 Å². The molecule has 0 radical (unpaired) electrons. The molecule has 2 fully saturated rings. The lowest BCUT2D eigenvalue weighted by atomic mass is 9.75. The molecular formula is C20H27N3O3. The Balaban J connectivity index is 1.35. The number of nitrogens with zero attached hydrogens (tertiary/aromatic N) is 3. The number of carbonyl (C=O) groups excluding carboxylic acids is 2. The van der Waals surface area contributed by atoms with E-state index < -0.39 is 5.60 Å². The normalized spacial score (nSPS) is 28.2. The third-order valence-corrected chi connectivity index (χ3v) is 6.25. The number of hydrogen-bond acceptors (Lipinski definition) is 5. The highest BCUT2D eigenvalue weighted by Gasteiger charge is 2.49. The smallest absolute Gasteiger partial charge is 0.358 e. The van der Waals surface area contributed by atoms with Gasteiger partial charge in [0.1, 0.15) is 5.60 Å². The predicted molar refractivity (Wildman–Crippen MR) is 96.6 cm³/mol. The van der Waals surface area contributed by atoms with Crippen LogP contribution in [0.15, 0.2) is 18.3 Å². The fourth-order valence-electron chi connectivity index (χ4n) is 4.64. The minimum atomic E-state index is -0.564. The molecular weight excluding hydrogens is 330 g/mol. The van der Waals surface area contributed by atoms with E-state index in [2.05, 4.69) is 9.88 Å². The number of likely N-dealkylation sites (tertiary alicyclic amines) is 1. The molecule has 140 valence electrons. The SMILES string of the molecule is CN(CCN1CCCC1)C(=O)[C@H]1CC[C@@]2(CC1)OC(=O)c1ncccc12. The molecule has 1 spiro atoms. The standard InChI is InChI=1S/C20H27N3O3/c1-22(13-14-23-11-2-3-12-23)18(24)15-6-8-20(9-7-15)16-5-4-10-21-17(16)19(25)26-20/h4-5,10,15H,2-3,6-9,11-14H2,1H3/t15-,20-. The van der Waals surface area contributed by atoms with Crippen LogP contribution in [0.4, 0.5) is 0 Å². The van der Waals surface area contributed by atoms with Gasteiger partial charge in [-0.15, -0.1) is 0 Å². The summed E-state index contributed by atoms with van der Waals surface area (Å²) in [6.45, 7) is 4.08. The van der Waals surface area contributed by atoms with Crippen molar-refractivity contribution in [1.29, 1.82) is 0 Å². The van der Waals surface area contributed by atoms with Crippen molar-refractivity contribution in [3.05, 3.63) is 29.6 Å². The maximum Gasteiger partial charge on any atom is 0.358 e. The number of rotatable bonds is 4. The minimum Gasteiger partial charge on any atom is -0.449 e. The third-order valence-electron chi connectivity index (χ3n) is 6.25. The van der Waals surface area contributed by atoms with Crippen molar-refractivity contribution in [3.8, 4) is 0 Å². The number of fused-ring (bicyclic) bond motifs is 2. The Kier molecular flexibility index (Phi) is 4.69. The molecule has 0 aromatic carbocycles. The maximum absolute atomic E-state index is 12.8. The number of likely N-dealkylation sites (N-methyl/N-ethyl adjacent to an activating group) is 1. The highest BCUT2D eigenvalue weighted by Crippen LogP contribution is 2.47. The first-order valence-electron chi connectivity index (χ1n) is 9.75. The van der Waals surface area contributed by atoms with Crippen LogP contribution < -0.4 is 0 Å². The average molecular weight is 357 g/mol. The van der Waals surface area contributed by atoms with Crippen LogP contribution in [0.1, 0.15) is 54.6 Å². The number of esters is 1. The zero-order valence-electron chi connectivity index (χ0n) is 15.4. The molecule has 3 aliphatic rings. The number of ether oxygens (including phenoxy) is 1. The number of carbonyl (C=O) groups is 2. The Hall–Kier alpha value is -1.95. The number of aromatic nitrogens is 1. The van der Waals surface area contributed by atoms with Crippen molar-refractivity contribution in [2.45, 2.75) is 44.1 Å². The first kappa shape index (κ1) is 17.5. The molecule has 0 N–H and O–H groups in total. The van der Waals surface area contributed by atoms with Gasteiger partial charge < -0.3 is 14.5 Å². The fourth-order valence-corrected chi connectivity index (χ4v) is 4.64. The lowest BCUT2D eigenvalue weighted by molar-refractivity contribution is -0.137. The van der Waals surface area contributed by atoms with Crippen LogP contribution in [-0.4, -0.2) is 59.9 Å². The fraction of sp³-hybridized carbons (Fsp3) is 0.650. The zero-order chi connectivity index (χ0) is 18.1. The van der Waals surface area contributed by atoms with Gasteiger partial charge in [0.15, 0.2) is 5.69 Å². The van der Waals surface area contributed by atoms with E-state index in [1.807, 2.05) is 24.1 Å². The summed E-state index contributed by atoms with van der Waals surface area (Å²) in [4.78, 5) is 33.4. The number of amides is 1. The molecule has 6 nitrogen and oxygen atoms in total. The first-order chi connectivity index (χ1) is 12.6. The van der Waals surface area contributed by atoms with Gasteiger partial charge in [0.05, 0.1) is 0 Å². The summed E-state index contributed by atoms with van der Waals surface area (Å²) in [6, 6.07) is 3.80. The molecule has 1 saturated heterocycles. The van der Waals surface area contributed by atoms with Gasteiger partial charge >= 0.3 is 5.97 Å². The molecule has 4 rings (SSSR count). The Morgan fingerprint density at radius 1 is 1.35 bits per heavy atom. The van der Waals surface area contributed by atoms with E-state index in [4.69, 9.17) is 4.74 Å². The van der Waals surface area contributed by atoms with E-state index in [-0.39, 0.29) is 17.8 Å². The van der Waals surface area contributed by atoms with Crippen LogP contribution in [0.3, 0.4) is 0 Å². The summed E-state index contributed by atoms with van der Waals surface area (Å²) in [5.74, 6) is -0.0634. The molecule has 26 heavy (non-hydrogen) atoms. The van der Waals surface area contributed by atoms with E-state index in [1.165, 1.54) is 12.8 Å². The third kappa shape index (κ3) is 3.11. The van der Waals surface area contributed by atoms with E-state index in [9.17, 15) is 9.59 Å². The predicted octanol–water partition coefficient (Wildman–Crippen LogP) is 2.19. The highest BCUT2D eigenvalue weighted by atomic mass is 16.6. The van der Waals surface area contributed by atoms with Gasteiger partial charge in [-0.1, -0.05) is 6.07 Å². The van der Waals surface area contributed by atoms with Crippen LogP contribution in [0.2, 0.25) is 0 Å². The van der Waals surface area contributed by atoms with Crippen LogP contribution in [-0.2, 0) is 15.1 Å². The van der Waals surface area contributed by atoms with Crippen molar-refractivity contribution >= 4 is 11.9 Å². The largest absolute Gasteiger partial charge is 0.449 e. The first-order valence-corrected chi connectivity index (χ1v) is 9.75. The second-order valence-corrected chi connectivity index (χ2v) is 7.87. The van der Waals surface area contributed by atoms with Gasteiger partial charge in [0, 0.05) is 37.8 Å². The lowest BCUT2D eigenvalue weighted by Gasteiger charge is -2.37. The van der Waals surface area contributed by atoms with E-state index in [1.54, 1.807) is 6.20 Å². The number of pyridine rings is 1. The van der Waals surface area contributed by atoms with Gasteiger partial charge in [0.25, 0.3) is 0 Å². The average Bonchev–Trinajstić information content (AvgIpc) is 3.28. The Labute approximate surface area is 154 Å². The molecule has 1 amide bonds. The van der Waals surface area contributed by atoms with Gasteiger partial charge in [-0.05, 0) is 57.7 Å². The zero-order valence-corrected chi connectivity index (χ0v) is 15.4. The Morgan fingerprint density at radius 3 is 2.81 bits per heavy atom. The van der Waals surface area contributed by atoms with Crippen molar-refractivity contribution in [2.24, 2.45) is 5.92 Å². The molecule has 1 aromatic rings. The molecule has 1 aromatic heterocycles. The van der Waals surface area contributed by atoms with Gasteiger partial charge in [0.2, 0.25) is 5.91 Å². The molecule has 2 aliphatic heterocycles. The summed E-state index contributed by atoms with van der Waals surface area (Å²) < 4.78 is 5.73. The molecule has 0 bridgehead atoms. The second kappa shape index (κ2) is 6.99. The van der Waals surface area contributed by atoms with Crippen LogP contribution in [0.25, 0.3) is 0 Å². The van der Waals surface area contributed by atoms with Crippen LogP contribution >= 0.6 is 0 Å². The van der Waals surface area contributed by atoms with E-state index in [0.29, 0.717) is 18.5 Å². The molecule has 0 atom stereocenters. The summed E-state index contributed by atoms with van der Waals surface area (Å²) in [7, 11) is 1.91. The van der Waals surface area contributed by atoms with Crippen molar-refractivity contribution in [3.63, 3.8) is 0 Å². The Morgan fingerprint density at radius 2 is 2.08 bits per heavy atom. The van der Waals surface area contributed by atoms with Gasteiger partial charge in [-0.3, -0.25) is 4.79 Å². The molecule has 6 heteroatoms. The monoisotopic (exact) mass is 357 g/mol. The second-order valence-electron chi connectivity index (χ2n) is 7.87. The van der Waals surface area contributed by atoms with Crippen LogP contribution in [0, 0.1) is 5.92 Å². The van der Waals surface area contributed by atoms with Gasteiger partial charge in [-0.2, -0.15) is 0 Å². The molecule has 1 saturated carbocycles. The maximum atomic E-state index is 12.8. The summed E-state index contributed by atoms with van der Waals surface area (Å²) in [5, 5.41) is 0. The van der Waals surface area contributed by atoms with E-state index >= 15 is 0 Å². The summed E-state index contributed by atoms with van der Waals surface area (Å²) in [6.07, 6.45) is 7.10. The quantitative estimate of drug-likeness (QED) is 0.773. The minimum absolute atomic E-state index is 0.0311. The van der Waals surface area contributed by atoms with Crippen molar-refractivity contribution < 1.29 is 14.3 Å². The number of hydrogen-bond donors (Lipinski definition) is 0.